The van der Waals surface area contributed by atoms with Crippen LogP contribution in [0.5, 0.6) is 0 Å². The lowest BCUT2D eigenvalue weighted by molar-refractivity contribution is 0.0387. The Bertz CT molecular complexity index is 1260. The molecule has 1 aromatic carbocycles. The number of hydrogen-bond donors (Lipinski definition) is 2. The van der Waals surface area contributed by atoms with E-state index in [4.69, 9.17) is 21.3 Å². The van der Waals surface area contributed by atoms with E-state index < -0.39 is 6.17 Å². The van der Waals surface area contributed by atoms with Crippen LogP contribution in [0.2, 0.25) is 5.02 Å². The molecule has 4 heterocycles. The van der Waals surface area contributed by atoms with Crippen LogP contribution in [0.15, 0.2) is 29.3 Å². The average Bonchev–Trinajstić information content (AvgIpc) is 3.32. The first-order valence-corrected chi connectivity index (χ1v) is 12.8. The molecule has 2 aromatic heterocycles. The number of morpholine rings is 1. The minimum atomic E-state index is -0.704. The number of urea groups is 1. The molecule has 1 unspecified atom stereocenters. The minimum absolute atomic E-state index is 0.298. The molecule has 1 saturated heterocycles. The van der Waals surface area contributed by atoms with Crippen molar-refractivity contribution in [3.63, 3.8) is 0 Å². The van der Waals surface area contributed by atoms with Gasteiger partial charge in [0.25, 0.3) is 0 Å². The predicted octanol–water partition coefficient (Wildman–Crippen LogP) is 3.39. The maximum absolute atomic E-state index is 12.9. The number of rotatable bonds is 5. The summed E-state index contributed by atoms with van der Waals surface area (Å²) in [6.45, 7) is 10.6. The fraction of sp³-hybridized carbons (Fsp3) is 0.417. The van der Waals surface area contributed by atoms with Crippen LogP contribution in [-0.4, -0.2) is 70.8 Å². The molecule has 35 heavy (non-hydrogen) atoms. The van der Waals surface area contributed by atoms with Crippen LogP contribution in [0.4, 0.5) is 4.79 Å². The lowest BCUT2D eigenvalue weighted by Gasteiger charge is -2.26. The molecule has 2 N–H and O–H groups in total. The van der Waals surface area contributed by atoms with Gasteiger partial charge in [0.2, 0.25) is 0 Å². The number of nitrogens with one attached hydrogen (secondary N) is 2. The van der Waals surface area contributed by atoms with Crippen molar-refractivity contribution < 1.29 is 9.53 Å². The van der Waals surface area contributed by atoms with Crippen LogP contribution in [0, 0.1) is 20.8 Å². The van der Waals surface area contributed by atoms with Crippen molar-refractivity contribution in [3.8, 4) is 5.00 Å². The van der Waals surface area contributed by atoms with E-state index in [1.54, 1.807) is 11.3 Å². The monoisotopic (exact) mass is 513 g/mol. The maximum Gasteiger partial charge on any atom is 0.316 e. The second-order valence-corrected chi connectivity index (χ2v) is 10.3. The fourth-order valence-electron chi connectivity index (χ4n) is 4.35. The van der Waals surface area contributed by atoms with Gasteiger partial charge in [-0.1, -0.05) is 23.7 Å². The van der Waals surface area contributed by atoms with Crippen molar-refractivity contribution in [3.05, 3.63) is 62.5 Å². The van der Waals surface area contributed by atoms with Crippen molar-refractivity contribution in [1.29, 1.82) is 0 Å². The number of amides is 2. The van der Waals surface area contributed by atoms with Crippen LogP contribution in [0.25, 0.3) is 5.00 Å². The van der Waals surface area contributed by atoms with Gasteiger partial charge in [-0.25, -0.2) is 4.79 Å². The summed E-state index contributed by atoms with van der Waals surface area (Å²) < 4.78 is 7.39. The number of aliphatic imine (C=N–C) groups is 1. The Hall–Kier alpha value is -2.79. The molecule has 2 aliphatic heterocycles. The number of aromatic nitrogens is 3. The molecule has 9 nitrogen and oxygen atoms in total. The summed E-state index contributed by atoms with van der Waals surface area (Å²) in [5, 5.41) is 16.4. The molecule has 184 valence electrons. The molecule has 3 aromatic rings. The number of thiophene rings is 1. The van der Waals surface area contributed by atoms with Crippen molar-refractivity contribution in [2.24, 2.45) is 4.99 Å². The van der Waals surface area contributed by atoms with E-state index in [2.05, 4.69) is 39.6 Å². The van der Waals surface area contributed by atoms with Gasteiger partial charge in [-0.2, -0.15) is 0 Å². The largest absolute Gasteiger partial charge is 0.379 e. The SMILES string of the molecule is Cc1sc2c(c1C)C(c1ccc(Cl)cc1)=NC(NC(=O)NCCN1CCOCC1)c1nnc(C)n1-2. The Morgan fingerprint density at radius 3 is 2.66 bits per heavy atom. The number of hydrogen-bond acceptors (Lipinski definition) is 7. The summed E-state index contributed by atoms with van der Waals surface area (Å²) in [5.41, 5.74) is 3.89. The highest BCUT2D eigenvalue weighted by Crippen LogP contribution is 2.38. The highest BCUT2D eigenvalue weighted by molar-refractivity contribution is 7.15. The van der Waals surface area contributed by atoms with Gasteiger partial charge in [-0.05, 0) is 38.5 Å². The average molecular weight is 514 g/mol. The third kappa shape index (κ3) is 4.84. The second kappa shape index (κ2) is 10.1. The van der Waals surface area contributed by atoms with Gasteiger partial charge in [0.1, 0.15) is 10.8 Å². The summed E-state index contributed by atoms with van der Waals surface area (Å²) in [6, 6.07) is 7.31. The van der Waals surface area contributed by atoms with E-state index in [0.29, 0.717) is 17.4 Å². The zero-order valence-electron chi connectivity index (χ0n) is 20.0. The molecule has 5 rings (SSSR count). The van der Waals surface area contributed by atoms with Gasteiger partial charge < -0.3 is 15.4 Å². The Morgan fingerprint density at radius 1 is 1.17 bits per heavy atom. The third-order valence-corrected chi connectivity index (χ3v) is 7.81. The summed E-state index contributed by atoms with van der Waals surface area (Å²) in [5.74, 6) is 1.33. The molecule has 0 spiro atoms. The number of carbonyl (C=O) groups is 1. The molecule has 0 saturated carbocycles. The van der Waals surface area contributed by atoms with Crippen LogP contribution in [0.3, 0.4) is 0 Å². The van der Waals surface area contributed by atoms with E-state index >= 15 is 0 Å². The van der Waals surface area contributed by atoms with Crippen LogP contribution in [0.1, 0.15) is 39.4 Å². The first-order chi connectivity index (χ1) is 16.9. The predicted molar refractivity (Wildman–Crippen MR) is 137 cm³/mol. The molecule has 1 atom stereocenters. The number of carbonyl (C=O) groups excluding carboxylic acids is 1. The number of halogens is 1. The minimum Gasteiger partial charge on any atom is -0.379 e. The quantitative estimate of drug-likeness (QED) is 0.545. The van der Waals surface area contributed by atoms with Gasteiger partial charge in [-0.15, -0.1) is 21.5 Å². The van der Waals surface area contributed by atoms with Crippen LogP contribution >= 0.6 is 22.9 Å². The third-order valence-electron chi connectivity index (χ3n) is 6.36. The number of fused-ring (bicyclic) bond motifs is 3. The topological polar surface area (TPSA) is 96.7 Å². The zero-order valence-corrected chi connectivity index (χ0v) is 21.5. The van der Waals surface area contributed by atoms with E-state index in [0.717, 1.165) is 66.1 Å². The van der Waals surface area contributed by atoms with Gasteiger partial charge in [0.05, 0.1) is 18.9 Å². The Morgan fingerprint density at radius 2 is 1.91 bits per heavy atom. The second-order valence-electron chi connectivity index (χ2n) is 8.65. The number of benzene rings is 1. The van der Waals surface area contributed by atoms with Gasteiger partial charge in [0, 0.05) is 47.2 Å². The number of nitrogens with zero attached hydrogens (tertiary/aromatic N) is 5. The van der Waals surface area contributed by atoms with Crippen LogP contribution < -0.4 is 10.6 Å². The Balaban J connectivity index is 1.46. The van der Waals surface area contributed by atoms with Gasteiger partial charge >= 0.3 is 6.03 Å². The first kappa shape index (κ1) is 23.9. The molecule has 0 bridgehead atoms. The molecule has 1 fully saturated rings. The van der Waals surface area contributed by atoms with Crippen molar-refractivity contribution in [1.82, 2.24) is 30.3 Å². The van der Waals surface area contributed by atoms with Crippen molar-refractivity contribution in [2.45, 2.75) is 26.9 Å². The molecular formula is C24H28ClN7O2S. The molecule has 2 aliphatic rings. The van der Waals surface area contributed by atoms with Crippen LogP contribution in [-0.2, 0) is 4.74 Å². The van der Waals surface area contributed by atoms with E-state index in [1.807, 2.05) is 35.8 Å². The summed E-state index contributed by atoms with van der Waals surface area (Å²) in [6.07, 6.45) is -0.704. The summed E-state index contributed by atoms with van der Waals surface area (Å²) in [7, 11) is 0. The lowest BCUT2D eigenvalue weighted by atomic mass is 10.00. The molecule has 11 heteroatoms. The summed E-state index contributed by atoms with van der Waals surface area (Å²) in [4.78, 5) is 21.4. The van der Waals surface area contributed by atoms with Gasteiger partial charge in [-0.3, -0.25) is 14.5 Å². The van der Waals surface area contributed by atoms with Crippen molar-refractivity contribution in [2.75, 3.05) is 39.4 Å². The first-order valence-electron chi connectivity index (χ1n) is 11.6. The maximum atomic E-state index is 12.9. The highest BCUT2D eigenvalue weighted by Gasteiger charge is 2.32. The van der Waals surface area contributed by atoms with E-state index in [1.165, 1.54) is 4.88 Å². The van der Waals surface area contributed by atoms with Crippen molar-refractivity contribution >= 4 is 34.7 Å². The molecule has 2 amide bonds. The Kier molecular flexibility index (Phi) is 6.88. The van der Waals surface area contributed by atoms with Gasteiger partial charge in [0.15, 0.2) is 12.0 Å². The molecule has 0 aliphatic carbocycles. The Labute approximate surface area is 213 Å². The van der Waals surface area contributed by atoms with E-state index in [-0.39, 0.29) is 6.03 Å². The molecule has 0 radical (unpaired) electrons. The summed E-state index contributed by atoms with van der Waals surface area (Å²) >= 11 is 7.84. The highest BCUT2D eigenvalue weighted by atomic mass is 35.5. The van der Waals surface area contributed by atoms with E-state index in [9.17, 15) is 4.79 Å². The normalized spacial score (nSPS) is 17.8. The number of ether oxygens (including phenoxy) is 1. The standard InChI is InChI=1S/C24H28ClN7O2S/c1-14-15(2)35-23-19(14)20(17-4-6-18(25)7-5-17)27-21(22-30-29-16(3)32(22)23)28-24(33)26-8-9-31-10-12-34-13-11-31/h4-7,21H,8-13H2,1-3H3,(H2,26,28,33). The zero-order chi connectivity index (χ0) is 24.5. The smallest absolute Gasteiger partial charge is 0.316 e. The fourth-order valence-corrected chi connectivity index (χ4v) is 5.69. The number of aryl methyl sites for hydroxylation is 2. The lowest BCUT2D eigenvalue weighted by Crippen LogP contribution is -2.44. The molecular weight excluding hydrogens is 486 g/mol.